The average molecular weight is 299 g/mol. The van der Waals surface area contributed by atoms with Gasteiger partial charge in [-0.1, -0.05) is 30.3 Å². The SMILES string of the molecule is CNc1ccc(C(=O)N[C@H](C)c2ccccc2)cc1[N+](=O)[O-]. The predicted molar refractivity (Wildman–Crippen MR) is 85.0 cm³/mol. The number of rotatable bonds is 5. The molecule has 0 saturated heterocycles. The minimum atomic E-state index is -0.511. The van der Waals surface area contributed by atoms with Crippen molar-refractivity contribution in [2.45, 2.75) is 13.0 Å². The molecule has 0 unspecified atom stereocenters. The second-order valence-electron chi connectivity index (χ2n) is 4.84. The van der Waals surface area contributed by atoms with Crippen molar-refractivity contribution >= 4 is 17.3 Å². The zero-order valence-electron chi connectivity index (χ0n) is 12.4. The van der Waals surface area contributed by atoms with Crippen LogP contribution in [0.5, 0.6) is 0 Å². The summed E-state index contributed by atoms with van der Waals surface area (Å²) in [6.45, 7) is 1.86. The first-order valence-corrected chi connectivity index (χ1v) is 6.85. The second-order valence-corrected chi connectivity index (χ2v) is 4.84. The average Bonchev–Trinajstić information content (AvgIpc) is 2.54. The molecule has 2 rings (SSSR count). The number of hydrogen-bond acceptors (Lipinski definition) is 4. The van der Waals surface area contributed by atoms with Gasteiger partial charge in [-0.3, -0.25) is 14.9 Å². The van der Waals surface area contributed by atoms with Crippen LogP contribution in [0.25, 0.3) is 0 Å². The van der Waals surface area contributed by atoms with Crippen molar-refractivity contribution in [2.24, 2.45) is 0 Å². The number of nitrogens with one attached hydrogen (secondary N) is 2. The molecule has 0 aliphatic heterocycles. The maximum Gasteiger partial charge on any atom is 0.293 e. The van der Waals surface area contributed by atoms with Crippen LogP contribution < -0.4 is 10.6 Å². The van der Waals surface area contributed by atoms with Crippen LogP contribution in [0, 0.1) is 10.1 Å². The Kier molecular flexibility index (Phi) is 4.73. The molecule has 0 aliphatic rings. The van der Waals surface area contributed by atoms with Gasteiger partial charge in [0, 0.05) is 18.7 Å². The maximum atomic E-state index is 12.2. The molecule has 2 aromatic rings. The molecule has 1 atom stereocenters. The molecule has 6 nitrogen and oxygen atoms in total. The number of nitro groups is 1. The molecular weight excluding hydrogens is 282 g/mol. The van der Waals surface area contributed by atoms with Gasteiger partial charge in [0.15, 0.2) is 0 Å². The van der Waals surface area contributed by atoms with Gasteiger partial charge in [0.05, 0.1) is 11.0 Å². The van der Waals surface area contributed by atoms with E-state index in [0.29, 0.717) is 5.69 Å². The molecule has 1 amide bonds. The van der Waals surface area contributed by atoms with Gasteiger partial charge in [-0.05, 0) is 24.6 Å². The van der Waals surface area contributed by atoms with Crippen LogP contribution in [0.3, 0.4) is 0 Å². The summed E-state index contributed by atoms with van der Waals surface area (Å²) in [6.07, 6.45) is 0. The van der Waals surface area contributed by atoms with E-state index in [2.05, 4.69) is 10.6 Å². The van der Waals surface area contributed by atoms with Gasteiger partial charge in [-0.15, -0.1) is 0 Å². The molecule has 0 aromatic heterocycles. The minimum Gasteiger partial charge on any atom is -0.383 e. The summed E-state index contributed by atoms with van der Waals surface area (Å²) in [5.41, 5.74) is 1.48. The summed E-state index contributed by atoms with van der Waals surface area (Å²) >= 11 is 0. The van der Waals surface area contributed by atoms with Crippen molar-refractivity contribution in [1.82, 2.24) is 5.32 Å². The van der Waals surface area contributed by atoms with Crippen molar-refractivity contribution < 1.29 is 9.72 Å². The van der Waals surface area contributed by atoms with E-state index in [-0.39, 0.29) is 23.2 Å². The summed E-state index contributed by atoms with van der Waals surface area (Å²) in [5.74, 6) is -0.345. The number of carbonyl (C=O) groups is 1. The van der Waals surface area contributed by atoms with E-state index in [1.165, 1.54) is 12.1 Å². The number of carbonyl (C=O) groups excluding carboxylic acids is 1. The predicted octanol–water partition coefficient (Wildman–Crippen LogP) is 3.13. The zero-order valence-corrected chi connectivity index (χ0v) is 12.4. The number of nitrogens with zero attached hydrogens (tertiary/aromatic N) is 1. The molecular formula is C16H17N3O3. The highest BCUT2D eigenvalue weighted by Gasteiger charge is 2.18. The number of benzene rings is 2. The first kappa shape index (κ1) is 15.5. The number of anilines is 1. The molecule has 0 bridgehead atoms. The lowest BCUT2D eigenvalue weighted by molar-refractivity contribution is -0.384. The molecule has 0 spiro atoms. The molecule has 114 valence electrons. The zero-order chi connectivity index (χ0) is 16.1. The maximum absolute atomic E-state index is 12.2. The summed E-state index contributed by atoms with van der Waals surface area (Å²) in [5, 5.41) is 16.6. The fourth-order valence-corrected chi connectivity index (χ4v) is 2.14. The highest BCUT2D eigenvalue weighted by atomic mass is 16.6. The largest absolute Gasteiger partial charge is 0.383 e. The fraction of sp³-hybridized carbons (Fsp3) is 0.188. The Balaban J connectivity index is 2.19. The van der Waals surface area contributed by atoms with Crippen molar-refractivity contribution in [1.29, 1.82) is 0 Å². The van der Waals surface area contributed by atoms with Crippen LogP contribution in [0.1, 0.15) is 28.9 Å². The topological polar surface area (TPSA) is 84.3 Å². The fourth-order valence-electron chi connectivity index (χ4n) is 2.14. The van der Waals surface area contributed by atoms with Crippen LogP contribution >= 0.6 is 0 Å². The van der Waals surface area contributed by atoms with E-state index in [4.69, 9.17) is 0 Å². The Bertz CT molecular complexity index is 686. The third kappa shape index (κ3) is 3.41. The second kappa shape index (κ2) is 6.71. The van der Waals surface area contributed by atoms with Crippen LogP contribution in [0.4, 0.5) is 11.4 Å². The van der Waals surface area contributed by atoms with Crippen molar-refractivity contribution in [2.75, 3.05) is 12.4 Å². The third-order valence-corrected chi connectivity index (χ3v) is 3.37. The molecule has 6 heteroatoms. The molecule has 0 heterocycles. The molecule has 0 aliphatic carbocycles. The Morgan fingerprint density at radius 2 is 1.86 bits per heavy atom. The van der Waals surface area contributed by atoms with Crippen LogP contribution in [0.15, 0.2) is 48.5 Å². The molecule has 2 N–H and O–H groups in total. The molecule has 0 fully saturated rings. The van der Waals surface area contributed by atoms with E-state index in [9.17, 15) is 14.9 Å². The van der Waals surface area contributed by atoms with Crippen LogP contribution in [-0.4, -0.2) is 17.9 Å². The first-order chi connectivity index (χ1) is 10.5. The minimum absolute atomic E-state index is 0.123. The summed E-state index contributed by atoms with van der Waals surface area (Å²) in [7, 11) is 1.60. The van der Waals surface area contributed by atoms with E-state index < -0.39 is 4.92 Å². The number of hydrogen-bond donors (Lipinski definition) is 2. The Morgan fingerprint density at radius 3 is 2.45 bits per heavy atom. The van der Waals surface area contributed by atoms with Gasteiger partial charge in [0.1, 0.15) is 5.69 Å². The molecule has 22 heavy (non-hydrogen) atoms. The molecule has 2 aromatic carbocycles. The number of nitro benzene ring substituents is 1. The number of amides is 1. The van der Waals surface area contributed by atoms with Gasteiger partial charge in [-0.25, -0.2) is 0 Å². The Hall–Kier alpha value is -2.89. The van der Waals surface area contributed by atoms with Gasteiger partial charge in [0.25, 0.3) is 11.6 Å². The summed E-state index contributed by atoms with van der Waals surface area (Å²) in [6, 6.07) is 13.7. The van der Waals surface area contributed by atoms with Gasteiger partial charge >= 0.3 is 0 Å². The lowest BCUT2D eigenvalue weighted by atomic mass is 10.1. The third-order valence-electron chi connectivity index (χ3n) is 3.37. The summed E-state index contributed by atoms with van der Waals surface area (Å²) < 4.78 is 0. The monoisotopic (exact) mass is 299 g/mol. The summed E-state index contributed by atoms with van der Waals surface area (Å²) in [4.78, 5) is 22.8. The van der Waals surface area contributed by atoms with Crippen LogP contribution in [0.2, 0.25) is 0 Å². The van der Waals surface area contributed by atoms with Crippen molar-refractivity contribution in [3.8, 4) is 0 Å². The lowest BCUT2D eigenvalue weighted by Crippen LogP contribution is -2.26. The normalized spacial score (nSPS) is 11.5. The van der Waals surface area contributed by atoms with Crippen molar-refractivity contribution in [3.05, 3.63) is 69.8 Å². The van der Waals surface area contributed by atoms with E-state index in [0.717, 1.165) is 5.56 Å². The highest BCUT2D eigenvalue weighted by molar-refractivity contribution is 5.96. The highest BCUT2D eigenvalue weighted by Crippen LogP contribution is 2.25. The van der Waals surface area contributed by atoms with Gasteiger partial charge in [-0.2, -0.15) is 0 Å². The van der Waals surface area contributed by atoms with E-state index >= 15 is 0 Å². The van der Waals surface area contributed by atoms with E-state index in [1.807, 2.05) is 37.3 Å². The van der Waals surface area contributed by atoms with Crippen molar-refractivity contribution in [3.63, 3.8) is 0 Å². The van der Waals surface area contributed by atoms with Gasteiger partial charge < -0.3 is 10.6 Å². The Labute approximate surface area is 128 Å². The molecule has 0 radical (unpaired) electrons. The van der Waals surface area contributed by atoms with E-state index in [1.54, 1.807) is 13.1 Å². The van der Waals surface area contributed by atoms with Crippen LogP contribution in [-0.2, 0) is 0 Å². The first-order valence-electron chi connectivity index (χ1n) is 6.85. The van der Waals surface area contributed by atoms with Gasteiger partial charge in [0.2, 0.25) is 0 Å². The Morgan fingerprint density at radius 1 is 1.18 bits per heavy atom. The smallest absolute Gasteiger partial charge is 0.293 e. The standard InChI is InChI=1S/C16H17N3O3/c1-11(12-6-4-3-5-7-12)18-16(20)13-8-9-14(17-2)15(10-13)19(21)22/h3-11,17H,1-2H3,(H,18,20)/t11-/m1/s1. The molecule has 0 saturated carbocycles. The quantitative estimate of drug-likeness (QED) is 0.656. The lowest BCUT2D eigenvalue weighted by Gasteiger charge is -2.14.